The fourth-order valence-corrected chi connectivity index (χ4v) is 2.62. The number of aromatic nitrogens is 2. The second kappa shape index (κ2) is 15.4. The Bertz CT molecular complexity index is 1250. The van der Waals surface area contributed by atoms with Crippen molar-refractivity contribution in [3.05, 3.63) is 131 Å². The zero-order valence-electron chi connectivity index (χ0n) is 19.1. The molecule has 0 bridgehead atoms. The number of hydrazone groups is 2. The van der Waals surface area contributed by atoms with Crippen molar-refractivity contribution in [2.45, 2.75) is 0 Å². The van der Waals surface area contributed by atoms with Crippen LogP contribution in [0.3, 0.4) is 0 Å². The fourth-order valence-electron chi connectivity index (χ4n) is 2.62. The molecule has 0 aliphatic rings. The number of nitrogens with one attached hydrogen (secondary N) is 2. The van der Waals surface area contributed by atoms with Crippen molar-refractivity contribution in [3.8, 4) is 0 Å². The monoisotopic (exact) mass is 545 g/mol. The van der Waals surface area contributed by atoms with Crippen LogP contribution >= 0.6 is 0 Å². The van der Waals surface area contributed by atoms with Gasteiger partial charge in [-0.25, -0.2) is 19.6 Å². The molecule has 2 heterocycles. The molecule has 0 aliphatic carbocycles. The molecule has 11 heteroatoms. The van der Waals surface area contributed by atoms with Crippen LogP contribution in [0, 0.1) is 11.6 Å². The fraction of sp³-hybridized carbons (Fsp3) is 0. The summed E-state index contributed by atoms with van der Waals surface area (Å²) in [5, 5.41) is 7.39. The van der Waals surface area contributed by atoms with Gasteiger partial charge in [0, 0.05) is 63.8 Å². The molecular formula is C26H20CoF2N6O2. The molecule has 189 valence electrons. The summed E-state index contributed by atoms with van der Waals surface area (Å²) >= 11 is 0. The summed E-state index contributed by atoms with van der Waals surface area (Å²) in [6.07, 6.45) is 8.55. The zero-order chi connectivity index (χ0) is 25.6. The number of pyridine rings is 2. The van der Waals surface area contributed by atoms with E-state index in [0.29, 0.717) is 22.3 Å². The molecule has 0 fully saturated rings. The van der Waals surface area contributed by atoms with Gasteiger partial charge in [-0.05, 0) is 36.4 Å². The number of carbonyl (C=O) groups is 2. The third-order valence-electron chi connectivity index (χ3n) is 4.43. The molecule has 1 radical (unpaired) electrons. The van der Waals surface area contributed by atoms with Crippen LogP contribution in [0.5, 0.6) is 0 Å². The Morgan fingerprint density at radius 2 is 0.973 bits per heavy atom. The summed E-state index contributed by atoms with van der Waals surface area (Å²) in [7, 11) is 0. The van der Waals surface area contributed by atoms with E-state index in [0.717, 1.165) is 0 Å². The van der Waals surface area contributed by atoms with Crippen molar-refractivity contribution in [2.75, 3.05) is 0 Å². The Morgan fingerprint density at radius 1 is 0.622 bits per heavy atom. The maximum absolute atomic E-state index is 13.2. The Kier molecular flexibility index (Phi) is 11.9. The summed E-state index contributed by atoms with van der Waals surface area (Å²) in [6, 6.07) is 18.6. The molecule has 0 spiro atoms. The van der Waals surface area contributed by atoms with Crippen LogP contribution in [-0.4, -0.2) is 34.2 Å². The average molecular weight is 545 g/mol. The quantitative estimate of drug-likeness (QED) is 0.282. The number of nitrogens with zero attached hydrogens (tertiary/aromatic N) is 4. The molecule has 0 atom stereocenters. The van der Waals surface area contributed by atoms with Gasteiger partial charge < -0.3 is 0 Å². The van der Waals surface area contributed by atoms with Crippen LogP contribution in [0.1, 0.15) is 31.8 Å². The van der Waals surface area contributed by atoms with Gasteiger partial charge >= 0.3 is 0 Å². The van der Waals surface area contributed by atoms with E-state index in [1.807, 2.05) is 0 Å². The third-order valence-corrected chi connectivity index (χ3v) is 4.43. The summed E-state index contributed by atoms with van der Waals surface area (Å²) in [5.41, 5.74) is 6.13. The first-order valence-electron chi connectivity index (χ1n) is 10.5. The first kappa shape index (κ1) is 28.6. The molecule has 8 nitrogen and oxygen atoms in total. The zero-order valence-corrected chi connectivity index (χ0v) is 20.1. The normalized spacial score (nSPS) is 10.2. The number of amides is 2. The van der Waals surface area contributed by atoms with Gasteiger partial charge in [0.25, 0.3) is 11.8 Å². The van der Waals surface area contributed by atoms with Crippen molar-refractivity contribution < 1.29 is 35.1 Å². The Morgan fingerprint density at radius 3 is 1.32 bits per heavy atom. The van der Waals surface area contributed by atoms with Crippen molar-refractivity contribution in [2.24, 2.45) is 10.2 Å². The number of hydrogen-bond donors (Lipinski definition) is 2. The molecule has 2 N–H and O–H groups in total. The molecular weight excluding hydrogens is 525 g/mol. The van der Waals surface area contributed by atoms with Gasteiger partial charge in [-0.2, -0.15) is 10.2 Å². The summed E-state index contributed by atoms with van der Waals surface area (Å²) in [6.45, 7) is 0. The molecule has 2 amide bonds. The van der Waals surface area contributed by atoms with Crippen molar-refractivity contribution in [1.82, 2.24) is 20.8 Å². The molecule has 37 heavy (non-hydrogen) atoms. The minimum atomic E-state index is -0.389. The minimum Gasteiger partial charge on any atom is -0.267 e. The van der Waals surface area contributed by atoms with Crippen LogP contribution in [0.15, 0.2) is 108 Å². The van der Waals surface area contributed by atoms with E-state index >= 15 is 0 Å². The molecule has 2 aromatic heterocycles. The average Bonchev–Trinajstić information content (AvgIpc) is 2.92. The molecule has 0 aliphatic heterocycles. The van der Waals surface area contributed by atoms with E-state index in [-0.39, 0.29) is 40.2 Å². The molecule has 2 aromatic carbocycles. The predicted molar refractivity (Wildman–Crippen MR) is 131 cm³/mol. The van der Waals surface area contributed by atoms with Crippen molar-refractivity contribution in [1.29, 1.82) is 0 Å². The van der Waals surface area contributed by atoms with Crippen LogP contribution in [0.2, 0.25) is 0 Å². The first-order chi connectivity index (χ1) is 17.5. The molecule has 0 unspecified atom stereocenters. The standard InChI is InChI=1S/2C13H10FN3O.Co/c2*14-12-4-2-1-3-11(12)9-16-17-13(18)10-5-7-15-8-6-10;/h2*1-9H,(H,17,18);. The maximum Gasteiger partial charge on any atom is 0.271 e. The van der Waals surface area contributed by atoms with Gasteiger partial charge in [0.05, 0.1) is 12.4 Å². The largest absolute Gasteiger partial charge is 0.271 e. The van der Waals surface area contributed by atoms with Crippen molar-refractivity contribution in [3.63, 3.8) is 0 Å². The van der Waals surface area contributed by atoms with E-state index in [4.69, 9.17) is 0 Å². The van der Waals surface area contributed by atoms with Crippen LogP contribution < -0.4 is 10.9 Å². The summed E-state index contributed by atoms with van der Waals surface area (Å²) in [4.78, 5) is 30.7. The van der Waals surface area contributed by atoms with E-state index < -0.39 is 0 Å². The number of rotatable bonds is 6. The third kappa shape index (κ3) is 9.51. The van der Waals surface area contributed by atoms with E-state index in [1.165, 1.54) is 49.3 Å². The second-order valence-electron chi connectivity index (χ2n) is 6.91. The smallest absolute Gasteiger partial charge is 0.267 e. The number of benzene rings is 2. The Hall–Kier alpha value is -4.61. The topological polar surface area (TPSA) is 109 Å². The summed E-state index contributed by atoms with van der Waals surface area (Å²) in [5.74, 6) is -1.52. The predicted octanol–water partition coefficient (Wildman–Crippen LogP) is 3.97. The molecule has 4 aromatic rings. The van der Waals surface area contributed by atoms with E-state index in [1.54, 1.807) is 60.7 Å². The van der Waals surface area contributed by atoms with E-state index in [2.05, 4.69) is 31.0 Å². The number of carbonyl (C=O) groups excluding carboxylic acids is 2. The SMILES string of the molecule is O=C(NN=Cc1ccccc1F)c1ccncc1.O=C(NN=Cc1ccccc1F)c1ccncc1.[Co]. The Balaban J connectivity index is 0.000000253. The maximum atomic E-state index is 13.2. The van der Waals surface area contributed by atoms with Crippen LogP contribution in [-0.2, 0) is 16.8 Å². The number of halogens is 2. The van der Waals surface area contributed by atoms with Gasteiger partial charge in [-0.15, -0.1) is 0 Å². The van der Waals surface area contributed by atoms with Gasteiger partial charge in [0.1, 0.15) is 11.6 Å². The second-order valence-corrected chi connectivity index (χ2v) is 6.91. The van der Waals surface area contributed by atoms with Crippen LogP contribution in [0.25, 0.3) is 0 Å². The van der Waals surface area contributed by atoms with Gasteiger partial charge in [-0.3, -0.25) is 19.6 Å². The summed E-state index contributed by atoms with van der Waals surface area (Å²) < 4.78 is 26.4. The van der Waals surface area contributed by atoms with Crippen LogP contribution in [0.4, 0.5) is 8.78 Å². The number of hydrogen-bond acceptors (Lipinski definition) is 6. The first-order valence-corrected chi connectivity index (χ1v) is 10.5. The van der Waals surface area contributed by atoms with Gasteiger partial charge in [0.15, 0.2) is 0 Å². The van der Waals surface area contributed by atoms with E-state index in [9.17, 15) is 18.4 Å². The van der Waals surface area contributed by atoms with Crippen molar-refractivity contribution >= 4 is 24.2 Å². The molecule has 4 rings (SSSR count). The van der Waals surface area contributed by atoms with Gasteiger partial charge in [-0.1, -0.05) is 36.4 Å². The molecule has 0 saturated carbocycles. The minimum absolute atomic E-state index is 0. The Labute approximate surface area is 221 Å². The van der Waals surface area contributed by atoms with Gasteiger partial charge in [0.2, 0.25) is 0 Å². The molecule has 0 saturated heterocycles.